The molecule has 1 aliphatic heterocycles. The first-order valence-corrected chi connectivity index (χ1v) is 6.28. The number of carbonyl (C=O) groups is 3. The van der Waals surface area contributed by atoms with Gasteiger partial charge >= 0.3 is 5.97 Å². The Hall–Kier alpha value is -2.37. The maximum Gasteiger partial charge on any atom is 0.337 e. The topological polar surface area (TPSA) is 75.7 Å². The number of hydrogen-bond donors (Lipinski definition) is 1. The number of hydrogen-bond acceptors (Lipinski definition) is 4. The number of esters is 1. The van der Waals surface area contributed by atoms with Crippen LogP contribution in [-0.4, -0.2) is 42.9 Å². The summed E-state index contributed by atoms with van der Waals surface area (Å²) in [6, 6.07) is 5.97. The number of anilines is 1. The Balaban J connectivity index is 2.01. The Morgan fingerprint density at radius 1 is 1.30 bits per heavy atom. The lowest BCUT2D eigenvalue weighted by Gasteiger charge is -2.19. The summed E-state index contributed by atoms with van der Waals surface area (Å²) >= 11 is 0. The van der Waals surface area contributed by atoms with Crippen LogP contribution in [0.15, 0.2) is 24.3 Å². The molecule has 106 valence electrons. The second kappa shape index (κ2) is 5.73. The van der Waals surface area contributed by atoms with Crippen molar-refractivity contribution in [3.63, 3.8) is 0 Å². The fourth-order valence-corrected chi connectivity index (χ4v) is 2.14. The number of rotatable bonds is 3. The molecule has 6 nitrogen and oxygen atoms in total. The molecule has 2 amide bonds. The zero-order chi connectivity index (χ0) is 14.7. The van der Waals surface area contributed by atoms with Crippen LogP contribution in [0, 0.1) is 0 Å². The summed E-state index contributed by atoms with van der Waals surface area (Å²) in [6.07, 6.45) is 0.928. The van der Waals surface area contributed by atoms with Gasteiger partial charge in [0.25, 0.3) is 0 Å². The number of nitrogens with one attached hydrogen (secondary N) is 1. The van der Waals surface area contributed by atoms with Crippen LogP contribution >= 0.6 is 0 Å². The molecule has 1 heterocycles. The largest absolute Gasteiger partial charge is 0.465 e. The normalized spacial score (nSPS) is 18.0. The average Bonchev–Trinajstić information content (AvgIpc) is 2.79. The van der Waals surface area contributed by atoms with E-state index in [0.717, 1.165) is 0 Å². The second-order valence-corrected chi connectivity index (χ2v) is 4.62. The van der Waals surface area contributed by atoms with Crippen molar-refractivity contribution in [3.05, 3.63) is 29.8 Å². The Labute approximate surface area is 116 Å². The molecule has 20 heavy (non-hydrogen) atoms. The first-order chi connectivity index (χ1) is 9.52. The molecule has 0 bridgehead atoms. The van der Waals surface area contributed by atoms with Crippen molar-refractivity contribution in [2.24, 2.45) is 0 Å². The van der Waals surface area contributed by atoms with Crippen molar-refractivity contribution in [2.75, 3.05) is 19.5 Å². The predicted octanol–water partition coefficient (Wildman–Crippen LogP) is 1.03. The highest BCUT2D eigenvalue weighted by atomic mass is 16.5. The number of benzene rings is 1. The molecule has 0 aromatic heterocycles. The number of ether oxygens (including phenoxy) is 1. The van der Waals surface area contributed by atoms with Crippen molar-refractivity contribution in [1.82, 2.24) is 4.90 Å². The summed E-state index contributed by atoms with van der Waals surface area (Å²) in [5.74, 6) is -0.667. The standard InChI is InChI=1S/C14H16N2O4/c1-16-11(7-8-12(16)17)13(18)15-10-5-3-9(4-6-10)14(19)20-2/h3-6,11H,7-8H2,1-2H3,(H,15,18). The molecular weight excluding hydrogens is 260 g/mol. The average molecular weight is 276 g/mol. The van der Waals surface area contributed by atoms with E-state index >= 15 is 0 Å². The van der Waals surface area contributed by atoms with E-state index in [1.54, 1.807) is 31.3 Å². The monoisotopic (exact) mass is 276 g/mol. The van der Waals surface area contributed by atoms with E-state index in [1.165, 1.54) is 12.0 Å². The van der Waals surface area contributed by atoms with Crippen LogP contribution in [0.1, 0.15) is 23.2 Å². The number of likely N-dealkylation sites (tertiary alicyclic amines) is 1. The molecule has 0 aliphatic carbocycles. The fourth-order valence-electron chi connectivity index (χ4n) is 2.14. The molecule has 1 unspecified atom stereocenters. The van der Waals surface area contributed by atoms with Crippen LogP contribution in [0.4, 0.5) is 5.69 Å². The smallest absolute Gasteiger partial charge is 0.337 e. The van der Waals surface area contributed by atoms with E-state index in [9.17, 15) is 14.4 Å². The third-order valence-electron chi connectivity index (χ3n) is 3.37. The maximum atomic E-state index is 12.0. The number of amides is 2. The van der Waals surface area contributed by atoms with Gasteiger partial charge in [-0.2, -0.15) is 0 Å². The van der Waals surface area contributed by atoms with E-state index in [-0.39, 0.29) is 11.8 Å². The molecular formula is C14H16N2O4. The van der Waals surface area contributed by atoms with Gasteiger partial charge in [0.15, 0.2) is 0 Å². The minimum atomic E-state index is -0.428. The number of methoxy groups -OCH3 is 1. The summed E-state index contributed by atoms with van der Waals surface area (Å²) in [5, 5.41) is 2.73. The minimum Gasteiger partial charge on any atom is -0.465 e. The minimum absolute atomic E-state index is 0.0220. The quantitative estimate of drug-likeness (QED) is 0.837. The van der Waals surface area contributed by atoms with Crippen molar-refractivity contribution in [2.45, 2.75) is 18.9 Å². The highest BCUT2D eigenvalue weighted by molar-refractivity contribution is 5.99. The lowest BCUT2D eigenvalue weighted by Crippen LogP contribution is -2.38. The van der Waals surface area contributed by atoms with E-state index in [2.05, 4.69) is 10.1 Å². The van der Waals surface area contributed by atoms with E-state index < -0.39 is 12.0 Å². The van der Waals surface area contributed by atoms with Crippen LogP contribution in [0.25, 0.3) is 0 Å². The van der Waals surface area contributed by atoms with Gasteiger partial charge in [0.1, 0.15) is 6.04 Å². The zero-order valence-corrected chi connectivity index (χ0v) is 11.4. The van der Waals surface area contributed by atoms with Crippen molar-refractivity contribution < 1.29 is 19.1 Å². The number of likely N-dealkylation sites (N-methyl/N-ethyl adjacent to an activating group) is 1. The molecule has 1 N–H and O–H groups in total. The van der Waals surface area contributed by atoms with Gasteiger partial charge < -0.3 is 15.0 Å². The van der Waals surface area contributed by atoms with Crippen LogP contribution < -0.4 is 5.32 Å². The SMILES string of the molecule is COC(=O)c1ccc(NC(=O)C2CCC(=O)N2C)cc1. The highest BCUT2D eigenvalue weighted by Gasteiger charge is 2.33. The van der Waals surface area contributed by atoms with Gasteiger partial charge in [0.05, 0.1) is 12.7 Å². The Bertz CT molecular complexity index is 539. The van der Waals surface area contributed by atoms with E-state index in [1.807, 2.05) is 0 Å². The summed E-state index contributed by atoms with van der Waals surface area (Å²) in [6.45, 7) is 0. The van der Waals surface area contributed by atoms with E-state index in [4.69, 9.17) is 0 Å². The first kappa shape index (κ1) is 14.0. The van der Waals surface area contributed by atoms with Gasteiger partial charge in [0, 0.05) is 19.2 Å². The molecule has 6 heteroatoms. The van der Waals surface area contributed by atoms with Crippen molar-refractivity contribution >= 4 is 23.5 Å². The van der Waals surface area contributed by atoms with Gasteiger partial charge in [-0.25, -0.2) is 4.79 Å². The van der Waals surface area contributed by atoms with Crippen LogP contribution in [0.5, 0.6) is 0 Å². The molecule has 1 aliphatic rings. The van der Waals surface area contributed by atoms with Crippen LogP contribution in [0.2, 0.25) is 0 Å². The third kappa shape index (κ3) is 2.79. The summed E-state index contributed by atoms with van der Waals surface area (Å²) in [7, 11) is 2.94. The van der Waals surface area contributed by atoms with Crippen molar-refractivity contribution in [3.8, 4) is 0 Å². The van der Waals surface area contributed by atoms with Gasteiger partial charge in [-0.15, -0.1) is 0 Å². The lowest BCUT2D eigenvalue weighted by atomic mass is 10.2. The highest BCUT2D eigenvalue weighted by Crippen LogP contribution is 2.18. The summed E-state index contributed by atoms with van der Waals surface area (Å²) in [5.41, 5.74) is 0.995. The van der Waals surface area contributed by atoms with Gasteiger partial charge in [0.2, 0.25) is 11.8 Å². The van der Waals surface area contributed by atoms with Gasteiger partial charge in [-0.05, 0) is 30.7 Å². The first-order valence-electron chi connectivity index (χ1n) is 6.28. The fraction of sp³-hybridized carbons (Fsp3) is 0.357. The second-order valence-electron chi connectivity index (χ2n) is 4.62. The number of nitrogens with zero attached hydrogens (tertiary/aromatic N) is 1. The molecule has 1 atom stereocenters. The Kier molecular flexibility index (Phi) is 4.02. The molecule has 1 fully saturated rings. The molecule has 1 aromatic carbocycles. The summed E-state index contributed by atoms with van der Waals surface area (Å²) in [4.78, 5) is 36.2. The Morgan fingerprint density at radius 2 is 1.95 bits per heavy atom. The molecule has 0 saturated carbocycles. The maximum absolute atomic E-state index is 12.0. The lowest BCUT2D eigenvalue weighted by molar-refractivity contribution is -0.131. The van der Waals surface area contributed by atoms with E-state index in [0.29, 0.717) is 24.1 Å². The summed E-state index contributed by atoms with van der Waals surface area (Å²) < 4.78 is 4.59. The molecule has 1 saturated heterocycles. The van der Waals surface area contributed by atoms with Crippen LogP contribution in [0.3, 0.4) is 0 Å². The third-order valence-corrected chi connectivity index (χ3v) is 3.37. The zero-order valence-electron chi connectivity index (χ0n) is 11.4. The molecule has 0 spiro atoms. The predicted molar refractivity (Wildman–Crippen MR) is 72.2 cm³/mol. The molecule has 0 radical (unpaired) electrons. The Morgan fingerprint density at radius 3 is 2.45 bits per heavy atom. The number of carbonyl (C=O) groups excluding carboxylic acids is 3. The van der Waals surface area contributed by atoms with Crippen LogP contribution in [-0.2, 0) is 14.3 Å². The molecule has 2 rings (SSSR count). The van der Waals surface area contributed by atoms with Gasteiger partial charge in [-0.3, -0.25) is 9.59 Å². The van der Waals surface area contributed by atoms with Crippen molar-refractivity contribution in [1.29, 1.82) is 0 Å². The van der Waals surface area contributed by atoms with Gasteiger partial charge in [-0.1, -0.05) is 0 Å². The molecule has 1 aromatic rings.